The molecule has 0 aliphatic carbocycles. The number of carbonyl (C=O) groups is 1. The molecule has 0 amide bonds. The average molecular weight is 339 g/mol. The van der Waals surface area contributed by atoms with E-state index in [4.69, 9.17) is 18.9 Å². The molecule has 1 aromatic carbocycles. The minimum atomic E-state index is -0.291. The Labute approximate surface area is 144 Å². The van der Waals surface area contributed by atoms with Gasteiger partial charge in [-0.25, -0.2) is 0 Å². The van der Waals surface area contributed by atoms with Crippen LogP contribution < -0.4 is 4.90 Å². The molecule has 0 fully saturated rings. The van der Waals surface area contributed by atoms with Crippen molar-refractivity contribution in [3.63, 3.8) is 0 Å². The van der Waals surface area contributed by atoms with E-state index >= 15 is 0 Å². The first-order valence-corrected chi connectivity index (χ1v) is 8.40. The monoisotopic (exact) mass is 339 g/mol. The van der Waals surface area contributed by atoms with Crippen LogP contribution in [-0.4, -0.2) is 65.3 Å². The Bertz CT molecular complexity index is 427. The minimum Gasteiger partial charge on any atom is -0.463 e. The fourth-order valence-electron chi connectivity index (χ4n) is 2.07. The van der Waals surface area contributed by atoms with Crippen LogP contribution in [0.4, 0.5) is 5.69 Å². The zero-order valence-electron chi connectivity index (χ0n) is 14.7. The van der Waals surface area contributed by atoms with Gasteiger partial charge in [0, 0.05) is 25.7 Å². The van der Waals surface area contributed by atoms with Gasteiger partial charge in [0.2, 0.25) is 0 Å². The third-order valence-corrected chi connectivity index (χ3v) is 3.29. The second-order valence-electron chi connectivity index (χ2n) is 5.09. The van der Waals surface area contributed by atoms with Gasteiger partial charge in [0.1, 0.15) is 6.61 Å². The molecule has 0 aromatic heterocycles. The highest BCUT2D eigenvalue weighted by Gasteiger charge is 2.02. The molecule has 0 unspecified atom stereocenters. The topological polar surface area (TPSA) is 57.2 Å². The molecular weight excluding hydrogens is 310 g/mol. The summed E-state index contributed by atoms with van der Waals surface area (Å²) in [4.78, 5) is 12.8. The third-order valence-electron chi connectivity index (χ3n) is 3.29. The van der Waals surface area contributed by atoms with E-state index in [0.29, 0.717) is 39.6 Å². The number of benzene rings is 1. The van der Waals surface area contributed by atoms with Crippen LogP contribution in [0.3, 0.4) is 0 Å². The highest BCUT2D eigenvalue weighted by molar-refractivity contribution is 5.65. The summed E-state index contributed by atoms with van der Waals surface area (Å²) in [5.74, 6) is -0.291. The second kappa shape index (κ2) is 13.8. The van der Waals surface area contributed by atoms with Crippen molar-refractivity contribution >= 4 is 11.7 Å². The lowest BCUT2D eigenvalue weighted by atomic mass is 10.3. The lowest BCUT2D eigenvalue weighted by Crippen LogP contribution is -2.27. The third kappa shape index (κ3) is 10.2. The molecule has 6 nitrogen and oxygen atoms in total. The number of esters is 1. The lowest BCUT2D eigenvalue weighted by Gasteiger charge is -2.22. The van der Waals surface area contributed by atoms with Crippen LogP contribution in [0, 0.1) is 0 Å². The van der Waals surface area contributed by atoms with E-state index in [9.17, 15) is 4.79 Å². The molecule has 0 aliphatic rings. The van der Waals surface area contributed by atoms with Gasteiger partial charge in [-0.15, -0.1) is 0 Å². The molecule has 0 heterocycles. The summed E-state index contributed by atoms with van der Waals surface area (Å²) in [5, 5.41) is 0. The molecule has 0 spiro atoms. The fraction of sp³-hybridized carbons (Fsp3) is 0.611. The summed E-state index contributed by atoms with van der Waals surface area (Å²) >= 11 is 0. The summed E-state index contributed by atoms with van der Waals surface area (Å²) < 4.78 is 21.0. The smallest absolute Gasteiger partial charge is 0.302 e. The summed E-state index contributed by atoms with van der Waals surface area (Å²) in [7, 11) is 0. The lowest BCUT2D eigenvalue weighted by molar-refractivity contribution is -0.142. The van der Waals surface area contributed by atoms with Gasteiger partial charge in [-0.05, 0) is 19.1 Å². The van der Waals surface area contributed by atoms with Crippen LogP contribution in [0.15, 0.2) is 30.3 Å². The first kappa shape index (κ1) is 20.4. The normalized spacial score (nSPS) is 10.6. The Balaban J connectivity index is 1.90. The van der Waals surface area contributed by atoms with Crippen molar-refractivity contribution in [2.75, 3.05) is 64.2 Å². The van der Waals surface area contributed by atoms with Gasteiger partial charge in [-0.2, -0.15) is 0 Å². The van der Waals surface area contributed by atoms with Gasteiger partial charge in [0.15, 0.2) is 0 Å². The standard InChI is InChI=1S/C18H29NO5/c1-3-19(18-7-5-4-6-8-18)9-10-21-11-12-22-13-14-23-15-16-24-17(2)20/h4-8H,3,9-16H2,1-2H3. The molecule has 1 rings (SSSR count). The molecule has 1 aromatic rings. The van der Waals surface area contributed by atoms with Crippen LogP contribution in [-0.2, 0) is 23.7 Å². The summed E-state index contributed by atoms with van der Waals surface area (Å²) in [6.45, 7) is 8.79. The quantitative estimate of drug-likeness (QED) is 0.382. The number of anilines is 1. The predicted molar refractivity (Wildman–Crippen MR) is 93.4 cm³/mol. The highest BCUT2D eigenvalue weighted by Crippen LogP contribution is 2.11. The molecule has 0 aliphatic heterocycles. The van der Waals surface area contributed by atoms with Crippen molar-refractivity contribution in [1.82, 2.24) is 0 Å². The number of rotatable bonds is 14. The number of para-hydroxylation sites is 1. The first-order valence-electron chi connectivity index (χ1n) is 8.40. The van der Waals surface area contributed by atoms with Gasteiger partial charge < -0.3 is 23.8 Å². The largest absolute Gasteiger partial charge is 0.463 e. The van der Waals surface area contributed by atoms with E-state index in [1.807, 2.05) is 18.2 Å². The van der Waals surface area contributed by atoms with E-state index in [1.54, 1.807) is 0 Å². The summed E-state index contributed by atoms with van der Waals surface area (Å²) in [5.41, 5.74) is 1.21. The predicted octanol–water partition coefficient (Wildman–Crippen LogP) is 2.13. The van der Waals surface area contributed by atoms with E-state index in [2.05, 4.69) is 24.0 Å². The van der Waals surface area contributed by atoms with Crippen molar-refractivity contribution in [3.05, 3.63) is 30.3 Å². The van der Waals surface area contributed by atoms with Gasteiger partial charge in [0.25, 0.3) is 0 Å². The zero-order chi connectivity index (χ0) is 17.5. The molecule has 24 heavy (non-hydrogen) atoms. The van der Waals surface area contributed by atoms with Crippen LogP contribution in [0.5, 0.6) is 0 Å². The molecule has 0 atom stereocenters. The Morgan fingerprint density at radius 2 is 1.42 bits per heavy atom. The van der Waals surface area contributed by atoms with E-state index < -0.39 is 0 Å². The Morgan fingerprint density at radius 3 is 1.96 bits per heavy atom. The van der Waals surface area contributed by atoms with Crippen LogP contribution in [0.2, 0.25) is 0 Å². The Morgan fingerprint density at radius 1 is 0.875 bits per heavy atom. The second-order valence-corrected chi connectivity index (χ2v) is 5.09. The average Bonchev–Trinajstić information content (AvgIpc) is 2.59. The van der Waals surface area contributed by atoms with Crippen molar-refractivity contribution in [3.8, 4) is 0 Å². The highest BCUT2D eigenvalue weighted by atomic mass is 16.6. The Hall–Kier alpha value is -1.63. The molecule has 0 saturated carbocycles. The molecule has 0 N–H and O–H groups in total. The van der Waals surface area contributed by atoms with Crippen LogP contribution in [0.1, 0.15) is 13.8 Å². The number of hydrogen-bond acceptors (Lipinski definition) is 6. The minimum absolute atomic E-state index is 0.286. The Kier molecular flexibility index (Phi) is 11.7. The zero-order valence-corrected chi connectivity index (χ0v) is 14.7. The van der Waals surface area contributed by atoms with Crippen molar-refractivity contribution in [2.45, 2.75) is 13.8 Å². The van der Waals surface area contributed by atoms with Crippen molar-refractivity contribution in [2.24, 2.45) is 0 Å². The molecule has 136 valence electrons. The molecular formula is C18H29NO5. The van der Waals surface area contributed by atoms with Gasteiger partial charge >= 0.3 is 5.97 Å². The maximum atomic E-state index is 10.5. The van der Waals surface area contributed by atoms with E-state index in [-0.39, 0.29) is 12.6 Å². The van der Waals surface area contributed by atoms with Gasteiger partial charge in [-0.1, -0.05) is 18.2 Å². The van der Waals surface area contributed by atoms with Crippen molar-refractivity contribution in [1.29, 1.82) is 0 Å². The van der Waals surface area contributed by atoms with Crippen LogP contribution in [0.25, 0.3) is 0 Å². The number of likely N-dealkylation sites (N-methyl/N-ethyl adjacent to an activating group) is 1. The van der Waals surface area contributed by atoms with Crippen molar-refractivity contribution < 1.29 is 23.7 Å². The number of hydrogen-bond donors (Lipinski definition) is 0. The summed E-state index contributed by atoms with van der Waals surface area (Å²) in [6, 6.07) is 10.3. The van der Waals surface area contributed by atoms with Gasteiger partial charge in [-0.3, -0.25) is 4.79 Å². The SMILES string of the molecule is CCN(CCOCCOCCOCCOC(C)=O)c1ccccc1. The molecule has 6 heteroatoms. The molecule has 0 radical (unpaired) electrons. The maximum absolute atomic E-state index is 10.5. The van der Waals surface area contributed by atoms with Gasteiger partial charge in [0.05, 0.1) is 39.6 Å². The number of nitrogens with zero attached hydrogens (tertiary/aromatic N) is 1. The number of carbonyl (C=O) groups excluding carboxylic acids is 1. The maximum Gasteiger partial charge on any atom is 0.302 e. The number of ether oxygens (including phenoxy) is 4. The molecule has 0 bridgehead atoms. The first-order chi connectivity index (χ1) is 11.7. The fourth-order valence-corrected chi connectivity index (χ4v) is 2.07. The molecule has 0 saturated heterocycles. The summed E-state index contributed by atoms with van der Waals surface area (Å²) in [6.07, 6.45) is 0. The van der Waals surface area contributed by atoms with E-state index in [0.717, 1.165) is 13.1 Å². The van der Waals surface area contributed by atoms with Crippen LogP contribution >= 0.6 is 0 Å². The van der Waals surface area contributed by atoms with E-state index in [1.165, 1.54) is 12.6 Å².